The number of nitriles is 1. The number of rotatable bonds is 9. The van der Waals surface area contributed by atoms with Crippen molar-refractivity contribution < 1.29 is 23.7 Å². The van der Waals surface area contributed by atoms with E-state index < -0.39 is 0 Å². The standard InChI is InChI=1S/C24H23N3O5S/c1-29-18-8-5-15(6-9-18)19-10-7-16(13-25)24(27-19)33-14-22(28)26-17-11-20(30-2)23(32-4)21(12-17)31-3/h5-12H,14H2,1-4H3,(H,26,28). The van der Waals surface area contributed by atoms with Gasteiger partial charge in [-0.25, -0.2) is 4.98 Å². The molecule has 0 bridgehead atoms. The summed E-state index contributed by atoms with van der Waals surface area (Å²) in [5, 5.41) is 12.7. The summed E-state index contributed by atoms with van der Waals surface area (Å²) in [4.78, 5) is 17.2. The minimum absolute atomic E-state index is 0.0599. The van der Waals surface area contributed by atoms with Crippen LogP contribution in [0.3, 0.4) is 0 Å². The van der Waals surface area contributed by atoms with Crippen molar-refractivity contribution in [2.24, 2.45) is 0 Å². The molecule has 0 radical (unpaired) electrons. The van der Waals surface area contributed by atoms with Gasteiger partial charge in [-0.3, -0.25) is 4.79 Å². The van der Waals surface area contributed by atoms with Crippen molar-refractivity contribution in [1.29, 1.82) is 5.26 Å². The monoisotopic (exact) mass is 465 g/mol. The van der Waals surface area contributed by atoms with Gasteiger partial charge in [-0.2, -0.15) is 5.26 Å². The van der Waals surface area contributed by atoms with E-state index >= 15 is 0 Å². The number of thioether (sulfide) groups is 1. The van der Waals surface area contributed by atoms with Crippen LogP contribution in [0.15, 0.2) is 53.6 Å². The van der Waals surface area contributed by atoms with Gasteiger partial charge >= 0.3 is 0 Å². The second kappa shape index (κ2) is 11.1. The summed E-state index contributed by atoms with van der Waals surface area (Å²) >= 11 is 1.19. The van der Waals surface area contributed by atoms with Gasteiger partial charge in [-0.15, -0.1) is 0 Å². The molecule has 0 aliphatic rings. The van der Waals surface area contributed by atoms with Crippen LogP contribution in [0.2, 0.25) is 0 Å². The maximum Gasteiger partial charge on any atom is 0.234 e. The molecule has 1 heterocycles. The van der Waals surface area contributed by atoms with Gasteiger partial charge < -0.3 is 24.3 Å². The van der Waals surface area contributed by atoms with Crippen LogP contribution in [0.1, 0.15) is 5.56 Å². The van der Waals surface area contributed by atoms with E-state index in [9.17, 15) is 10.1 Å². The van der Waals surface area contributed by atoms with Crippen LogP contribution < -0.4 is 24.3 Å². The molecule has 3 rings (SSSR count). The number of methoxy groups -OCH3 is 4. The third-order valence-corrected chi connectivity index (χ3v) is 5.65. The highest BCUT2D eigenvalue weighted by atomic mass is 32.2. The van der Waals surface area contributed by atoms with Crippen molar-refractivity contribution in [2.45, 2.75) is 5.03 Å². The number of hydrogen-bond acceptors (Lipinski definition) is 8. The number of anilines is 1. The largest absolute Gasteiger partial charge is 0.497 e. The molecule has 0 unspecified atom stereocenters. The SMILES string of the molecule is COc1ccc(-c2ccc(C#N)c(SCC(=O)Nc3cc(OC)c(OC)c(OC)c3)n2)cc1. The van der Waals surface area contributed by atoms with Crippen LogP contribution in [0.4, 0.5) is 5.69 Å². The zero-order chi connectivity index (χ0) is 23.8. The predicted octanol–water partition coefficient (Wildman–Crippen LogP) is 4.39. The number of nitrogens with zero attached hydrogens (tertiary/aromatic N) is 2. The van der Waals surface area contributed by atoms with Crippen LogP contribution in [-0.2, 0) is 4.79 Å². The lowest BCUT2D eigenvalue weighted by atomic mass is 10.1. The van der Waals surface area contributed by atoms with Crippen molar-refractivity contribution >= 4 is 23.4 Å². The summed E-state index contributed by atoms with van der Waals surface area (Å²) in [5.74, 6) is 1.83. The fraction of sp³-hybridized carbons (Fsp3) is 0.208. The number of amides is 1. The molecule has 33 heavy (non-hydrogen) atoms. The quantitative estimate of drug-likeness (QED) is 0.464. The molecule has 1 amide bonds. The van der Waals surface area contributed by atoms with Crippen molar-refractivity contribution in [1.82, 2.24) is 4.98 Å². The average molecular weight is 466 g/mol. The molecule has 3 aromatic rings. The number of pyridine rings is 1. The van der Waals surface area contributed by atoms with Crippen molar-refractivity contribution in [3.8, 4) is 40.3 Å². The van der Waals surface area contributed by atoms with E-state index in [-0.39, 0.29) is 11.7 Å². The first-order chi connectivity index (χ1) is 16.0. The molecule has 0 aliphatic carbocycles. The van der Waals surface area contributed by atoms with Gasteiger partial charge in [0.05, 0.1) is 45.4 Å². The van der Waals surface area contributed by atoms with Crippen molar-refractivity contribution in [2.75, 3.05) is 39.5 Å². The Morgan fingerprint density at radius 2 is 1.64 bits per heavy atom. The molecule has 1 aromatic heterocycles. The number of aromatic nitrogens is 1. The van der Waals surface area contributed by atoms with Gasteiger partial charge in [-0.05, 0) is 36.4 Å². The Bertz CT molecular complexity index is 1150. The molecule has 2 aromatic carbocycles. The Labute approximate surface area is 196 Å². The van der Waals surface area contributed by atoms with Gasteiger partial charge in [-0.1, -0.05) is 11.8 Å². The second-order valence-electron chi connectivity index (χ2n) is 6.64. The molecule has 0 fully saturated rings. The molecule has 8 nitrogen and oxygen atoms in total. The van der Waals surface area contributed by atoms with Crippen LogP contribution in [0.5, 0.6) is 23.0 Å². The van der Waals surface area contributed by atoms with E-state index in [0.717, 1.165) is 11.3 Å². The Hall–Kier alpha value is -3.90. The second-order valence-corrected chi connectivity index (χ2v) is 7.60. The third kappa shape index (κ3) is 5.67. The maximum absolute atomic E-state index is 12.6. The van der Waals surface area contributed by atoms with Crippen LogP contribution in [-0.4, -0.2) is 45.1 Å². The van der Waals surface area contributed by atoms with Gasteiger partial charge in [0.2, 0.25) is 11.7 Å². The van der Waals surface area contributed by atoms with E-state index in [1.807, 2.05) is 24.3 Å². The molecular formula is C24H23N3O5S. The van der Waals surface area contributed by atoms with Crippen LogP contribution in [0.25, 0.3) is 11.3 Å². The molecule has 0 atom stereocenters. The smallest absolute Gasteiger partial charge is 0.234 e. The topological polar surface area (TPSA) is 103 Å². The molecule has 170 valence electrons. The predicted molar refractivity (Wildman–Crippen MR) is 126 cm³/mol. The fourth-order valence-corrected chi connectivity index (χ4v) is 3.81. The Kier molecular flexibility index (Phi) is 8.00. The van der Waals surface area contributed by atoms with Crippen LogP contribution >= 0.6 is 11.8 Å². The molecule has 1 N–H and O–H groups in total. The molecule has 0 saturated carbocycles. The normalized spacial score (nSPS) is 10.2. The zero-order valence-electron chi connectivity index (χ0n) is 18.7. The first-order valence-corrected chi connectivity index (χ1v) is 10.8. The summed E-state index contributed by atoms with van der Waals surface area (Å²) in [7, 11) is 6.12. The Morgan fingerprint density at radius 1 is 0.970 bits per heavy atom. The summed E-state index contributed by atoms with van der Waals surface area (Å²) in [6.07, 6.45) is 0. The number of carbonyl (C=O) groups is 1. The fourth-order valence-electron chi connectivity index (χ4n) is 3.04. The Morgan fingerprint density at radius 3 is 2.18 bits per heavy atom. The highest BCUT2D eigenvalue weighted by Gasteiger charge is 2.16. The summed E-state index contributed by atoms with van der Waals surface area (Å²) < 4.78 is 21.1. The summed E-state index contributed by atoms with van der Waals surface area (Å²) in [6, 6.07) is 16.4. The molecule has 9 heteroatoms. The lowest BCUT2D eigenvalue weighted by Gasteiger charge is -2.14. The third-order valence-electron chi connectivity index (χ3n) is 4.65. The number of carbonyl (C=O) groups excluding carboxylic acids is 1. The zero-order valence-corrected chi connectivity index (χ0v) is 19.5. The first kappa shape index (κ1) is 23.8. The summed E-state index contributed by atoms with van der Waals surface area (Å²) in [6.45, 7) is 0. The van der Waals surface area contributed by atoms with Gasteiger partial charge in [0.15, 0.2) is 11.5 Å². The molecule has 0 aliphatic heterocycles. The molecule has 0 saturated heterocycles. The van der Waals surface area contributed by atoms with Gasteiger partial charge in [0, 0.05) is 23.4 Å². The number of nitrogens with one attached hydrogen (secondary N) is 1. The lowest BCUT2D eigenvalue weighted by Crippen LogP contribution is -2.14. The maximum atomic E-state index is 12.6. The highest BCUT2D eigenvalue weighted by Crippen LogP contribution is 2.40. The van der Waals surface area contributed by atoms with Crippen molar-refractivity contribution in [3.05, 3.63) is 54.1 Å². The highest BCUT2D eigenvalue weighted by molar-refractivity contribution is 8.00. The van der Waals surface area contributed by atoms with Gasteiger partial charge in [0.1, 0.15) is 16.8 Å². The number of benzene rings is 2. The van der Waals surface area contributed by atoms with Crippen molar-refractivity contribution in [3.63, 3.8) is 0 Å². The summed E-state index contributed by atoms with van der Waals surface area (Å²) in [5.41, 5.74) is 2.47. The van der Waals surface area contributed by atoms with Crippen LogP contribution in [0, 0.1) is 11.3 Å². The minimum Gasteiger partial charge on any atom is -0.497 e. The molecular weight excluding hydrogens is 442 g/mol. The van der Waals surface area contributed by atoms with E-state index in [0.29, 0.717) is 39.2 Å². The molecule has 0 spiro atoms. The van der Waals surface area contributed by atoms with Gasteiger partial charge in [0.25, 0.3) is 0 Å². The van der Waals surface area contributed by atoms with E-state index in [1.165, 1.54) is 33.1 Å². The van der Waals surface area contributed by atoms with E-state index in [4.69, 9.17) is 18.9 Å². The average Bonchev–Trinajstić information content (AvgIpc) is 2.86. The first-order valence-electron chi connectivity index (χ1n) is 9.81. The lowest BCUT2D eigenvalue weighted by molar-refractivity contribution is -0.113. The minimum atomic E-state index is -0.269. The number of ether oxygens (including phenoxy) is 4. The Balaban J connectivity index is 1.75. The number of hydrogen-bond donors (Lipinski definition) is 1. The van der Waals surface area contributed by atoms with E-state index in [2.05, 4.69) is 16.4 Å². The van der Waals surface area contributed by atoms with E-state index in [1.54, 1.807) is 31.4 Å².